The number of hydrogen-bond acceptors (Lipinski definition) is 3. The van der Waals surface area contributed by atoms with Crippen LogP contribution in [0.4, 0.5) is 4.39 Å². The van der Waals surface area contributed by atoms with Crippen molar-refractivity contribution < 1.29 is 13.9 Å². The molecule has 0 bridgehead atoms. The Balaban J connectivity index is 1.80. The number of amides is 1. The third-order valence-corrected chi connectivity index (χ3v) is 5.34. The molecule has 0 aliphatic carbocycles. The normalized spacial score (nSPS) is 11.9. The Morgan fingerprint density at radius 1 is 1.17 bits per heavy atom. The minimum Gasteiger partial charge on any atom is -0.497 e. The largest absolute Gasteiger partial charge is 0.497 e. The van der Waals surface area contributed by atoms with Crippen LogP contribution in [0.3, 0.4) is 0 Å². The fourth-order valence-electron chi connectivity index (χ4n) is 3.15. The minimum absolute atomic E-state index is 0.0649. The standard InChI is InChI=1S/C22H23ClFN3O2/c1-14-22(23)15(2)27(26-14)13-21(28)25-20(12-16-4-8-18(24)9-5-16)17-6-10-19(29-3)11-7-17/h4-11,20H,12-13H2,1-3H3,(H,25,28). The Kier molecular flexibility index (Phi) is 6.54. The second-order valence-corrected chi connectivity index (χ2v) is 7.24. The summed E-state index contributed by atoms with van der Waals surface area (Å²) in [6.45, 7) is 3.70. The number of aryl methyl sites for hydroxylation is 1. The van der Waals surface area contributed by atoms with Gasteiger partial charge in [-0.05, 0) is 55.7 Å². The maximum absolute atomic E-state index is 13.3. The molecule has 0 radical (unpaired) electrons. The number of hydrogen-bond donors (Lipinski definition) is 1. The summed E-state index contributed by atoms with van der Waals surface area (Å²) in [6.07, 6.45) is 0.524. The van der Waals surface area contributed by atoms with Gasteiger partial charge in [-0.25, -0.2) is 4.39 Å². The zero-order chi connectivity index (χ0) is 21.0. The van der Waals surface area contributed by atoms with Crippen LogP contribution in [0.5, 0.6) is 5.75 Å². The number of carbonyl (C=O) groups excluding carboxylic acids is 1. The van der Waals surface area contributed by atoms with E-state index >= 15 is 0 Å². The molecule has 0 fully saturated rings. The predicted molar refractivity (Wildman–Crippen MR) is 111 cm³/mol. The highest BCUT2D eigenvalue weighted by Crippen LogP contribution is 2.22. The zero-order valence-corrected chi connectivity index (χ0v) is 17.3. The summed E-state index contributed by atoms with van der Waals surface area (Å²) in [5, 5.41) is 7.94. The van der Waals surface area contributed by atoms with E-state index in [2.05, 4.69) is 10.4 Å². The Morgan fingerprint density at radius 2 is 1.83 bits per heavy atom. The van der Waals surface area contributed by atoms with Gasteiger partial charge in [-0.15, -0.1) is 0 Å². The molecule has 1 N–H and O–H groups in total. The van der Waals surface area contributed by atoms with Gasteiger partial charge in [0, 0.05) is 0 Å². The van der Waals surface area contributed by atoms with Gasteiger partial charge >= 0.3 is 0 Å². The molecule has 1 amide bonds. The van der Waals surface area contributed by atoms with Crippen molar-refractivity contribution in [3.05, 3.63) is 81.9 Å². The van der Waals surface area contributed by atoms with E-state index in [-0.39, 0.29) is 24.3 Å². The zero-order valence-electron chi connectivity index (χ0n) is 16.6. The van der Waals surface area contributed by atoms with Gasteiger partial charge in [0.2, 0.25) is 5.91 Å². The van der Waals surface area contributed by atoms with Gasteiger partial charge in [0.05, 0.1) is 29.6 Å². The number of benzene rings is 2. The summed E-state index contributed by atoms with van der Waals surface area (Å²) in [7, 11) is 1.60. The lowest BCUT2D eigenvalue weighted by atomic mass is 9.98. The maximum atomic E-state index is 13.3. The fraction of sp³-hybridized carbons (Fsp3) is 0.273. The number of halogens is 2. The van der Waals surface area contributed by atoms with Crippen LogP contribution in [0, 0.1) is 19.7 Å². The molecule has 1 aromatic heterocycles. The molecular weight excluding hydrogens is 393 g/mol. The van der Waals surface area contributed by atoms with Crippen LogP contribution in [0.1, 0.15) is 28.6 Å². The minimum atomic E-state index is -0.291. The molecule has 0 saturated carbocycles. The predicted octanol–water partition coefficient (Wildman–Crippen LogP) is 4.40. The van der Waals surface area contributed by atoms with Gasteiger partial charge in [-0.3, -0.25) is 9.48 Å². The molecule has 7 heteroatoms. The van der Waals surface area contributed by atoms with Gasteiger partial charge in [0.1, 0.15) is 18.1 Å². The Bertz CT molecular complexity index is 985. The second kappa shape index (κ2) is 9.09. The summed E-state index contributed by atoms with van der Waals surface area (Å²) in [5.74, 6) is 0.258. The van der Waals surface area contributed by atoms with E-state index in [0.717, 1.165) is 22.6 Å². The monoisotopic (exact) mass is 415 g/mol. The first-order chi connectivity index (χ1) is 13.9. The number of nitrogens with zero attached hydrogens (tertiary/aromatic N) is 2. The highest BCUT2D eigenvalue weighted by molar-refractivity contribution is 6.31. The van der Waals surface area contributed by atoms with Crippen LogP contribution in [0.2, 0.25) is 5.02 Å². The summed E-state index contributed by atoms with van der Waals surface area (Å²) < 4.78 is 20.1. The fourth-order valence-corrected chi connectivity index (χ4v) is 3.28. The topological polar surface area (TPSA) is 56.1 Å². The van der Waals surface area contributed by atoms with Crippen LogP contribution in [0.25, 0.3) is 0 Å². The lowest BCUT2D eigenvalue weighted by Gasteiger charge is -2.20. The van der Waals surface area contributed by atoms with Crippen molar-refractivity contribution in [2.45, 2.75) is 32.9 Å². The van der Waals surface area contributed by atoms with Crippen molar-refractivity contribution in [1.82, 2.24) is 15.1 Å². The molecule has 0 spiro atoms. The van der Waals surface area contributed by atoms with Crippen molar-refractivity contribution in [2.75, 3.05) is 7.11 Å². The molecule has 29 heavy (non-hydrogen) atoms. The average Bonchev–Trinajstić information content (AvgIpc) is 2.95. The molecule has 1 unspecified atom stereocenters. The first-order valence-corrected chi connectivity index (χ1v) is 9.62. The lowest BCUT2D eigenvalue weighted by molar-refractivity contribution is -0.122. The molecule has 152 valence electrons. The van der Waals surface area contributed by atoms with Crippen LogP contribution in [-0.4, -0.2) is 22.8 Å². The van der Waals surface area contributed by atoms with E-state index < -0.39 is 0 Å². The van der Waals surface area contributed by atoms with Gasteiger partial charge in [0.25, 0.3) is 0 Å². The van der Waals surface area contributed by atoms with E-state index in [1.165, 1.54) is 12.1 Å². The van der Waals surface area contributed by atoms with E-state index in [1.807, 2.05) is 31.2 Å². The number of carbonyl (C=O) groups is 1. The van der Waals surface area contributed by atoms with Crippen LogP contribution >= 0.6 is 11.6 Å². The molecule has 1 atom stereocenters. The molecule has 0 aliphatic heterocycles. The van der Waals surface area contributed by atoms with Crippen molar-refractivity contribution in [2.24, 2.45) is 0 Å². The molecule has 3 rings (SSSR count). The highest BCUT2D eigenvalue weighted by Gasteiger charge is 2.18. The van der Waals surface area contributed by atoms with Crippen molar-refractivity contribution in [3.63, 3.8) is 0 Å². The maximum Gasteiger partial charge on any atom is 0.242 e. The number of methoxy groups -OCH3 is 1. The molecule has 5 nitrogen and oxygen atoms in total. The lowest BCUT2D eigenvalue weighted by Crippen LogP contribution is -2.33. The van der Waals surface area contributed by atoms with Gasteiger partial charge in [-0.2, -0.15) is 5.10 Å². The van der Waals surface area contributed by atoms with Gasteiger partial charge in [0.15, 0.2) is 0 Å². The first-order valence-electron chi connectivity index (χ1n) is 9.24. The quantitative estimate of drug-likeness (QED) is 0.622. The van der Waals surface area contributed by atoms with Crippen LogP contribution < -0.4 is 10.1 Å². The number of rotatable bonds is 7. The third kappa shape index (κ3) is 5.15. The molecule has 3 aromatic rings. The SMILES string of the molecule is COc1ccc(C(Cc2ccc(F)cc2)NC(=O)Cn2nc(C)c(Cl)c2C)cc1. The Labute approximate surface area is 174 Å². The van der Waals surface area contributed by atoms with Gasteiger partial charge < -0.3 is 10.1 Å². The first kappa shape index (κ1) is 20.9. The summed E-state index contributed by atoms with van der Waals surface area (Å²) in [4.78, 5) is 12.7. The smallest absolute Gasteiger partial charge is 0.242 e. The van der Waals surface area contributed by atoms with Crippen molar-refractivity contribution in [1.29, 1.82) is 0 Å². The molecular formula is C22H23ClFN3O2. The molecule has 2 aromatic carbocycles. The molecule has 0 saturated heterocycles. The summed E-state index contributed by atoms with van der Waals surface area (Å²) >= 11 is 6.17. The van der Waals surface area contributed by atoms with Crippen molar-refractivity contribution >= 4 is 17.5 Å². The Hall–Kier alpha value is -2.86. The van der Waals surface area contributed by atoms with Crippen molar-refractivity contribution in [3.8, 4) is 5.75 Å². The molecule has 0 aliphatic rings. The number of aromatic nitrogens is 2. The summed E-state index contributed by atoms with van der Waals surface area (Å²) in [6, 6.07) is 13.5. The average molecular weight is 416 g/mol. The second-order valence-electron chi connectivity index (χ2n) is 6.87. The van der Waals surface area contributed by atoms with Crippen LogP contribution in [0.15, 0.2) is 48.5 Å². The molecule has 1 heterocycles. The number of nitrogens with one attached hydrogen (secondary N) is 1. The van der Waals surface area contributed by atoms with Crippen LogP contribution in [-0.2, 0) is 17.8 Å². The highest BCUT2D eigenvalue weighted by atomic mass is 35.5. The van der Waals surface area contributed by atoms with E-state index in [0.29, 0.717) is 17.1 Å². The van der Waals surface area contributed by atoms with E-state index in [1.54, 1.807) is 30.8 Å². The van der Waals surface area contributed by atoms with Gasteiger partial charge in [-0.1, -0.05) is 35.9 Å². The van der Waals surface area contributed by atoms with E-state index in [4.69, 9.17) is 16.3 Å². The third-order valence-electron chi connectivity index (χ3n) is 4.79. The summed E-state index contributed by atoms with van der Waals surface area (Å²) in [5.41, 5.74) is 3.28. The number of ether oxygens (including phenoxy) is 1. The Morgan fingerprint density at radius 3 is 2.38 bits per heavy atom. The van der Waals surface area contributed by atoms with E-state index in [9.17, 15) is 9.18 Å².